The fraction of sp³-hybridized carbons (Fsp3) is 0.643. The molecule has 0 radical (unpaired) electrons. The van der Waals surface area contributed by atoms with Gasteiger partial charge in [-0.25, -0.2) is 9.59 Å². The minimum atomic E-state index is -0.707. The zero-order chi connectivity index (χ0) is 15.0. The highest BCUT2D eigenvalue weighted by Gasteiger charge is 2.19. The van der Waals surface area contributed by atoms with Crippen molar-refractivity contribution in [1.29, 1.82) is 0 Å². The van der Waals surface area contributed by atoms with Gasteiger partial charge in [-0.2, -0.15) is 0 Å². The molecule has 0 aromatic heterocycles. The van der Waals surface area contributed by atoms with E-state index in [1.807, 2.05) is 0 Å². The van der Waals surface area contributed by atoms with Gasteiger partial charge in [0.25, 0.3) is 0 Å². The van der Waals surface area contributed by atoms with E-state index in [0.29, 0.717) is 0 Å². The maximum Gasteiger partial charge on any atom is 0.344 e. The topological polar surface area (TPSA) is 78.9 Å². The first-order valence-corrected chi connectivity index (χ1v) is 6.64. The molecule has 0 aromatic rings. The number of hydrogen-bond acceptors (Lipinski definition) is 6. The number of hydrogen-bond donors (Lipinski definition) is 0. The van der Waals surface area contributed by atoms with Crippen LogP contribution in [0.5, 0.6) is 0 Å². The van der Waals surface area contributed by atoms with Gasteiger partial charge in [-0.1, -0.05) is 13.0 Å². The molecule has 0 unspecified atom stereocenters. The first kappa shape index (κ1) is 16.2. The third kappa shape index (κ3) is 5.86. The summed E-state index contributed by atoms with van der Waals surface area (Å²) in [6, 6.07) is 0. The van der Waals surface area contributed by atoms with E-state index < -0.39 is 24.5 Å². The van der Waals surface area contributed by atoms with E-state index in [1.165, 1.54) is 13.5 Å². The molecule has 112 valence electrons. The summed E-state index contributed by atoms with van der Waals surface area (Å²) in [6.45, 7) is 2.95. The summed E-state index contributed by atoms with van der Waals surface area (Å²) in [4.78, 5) is 33.9. The molecule has 6 nitrogen and oxygen atoms in total. The van der Waals surface area contributed by atoms with Crippen molar-refractivity contribution in [2.45, 2.75) is 44.6 Å². The van der Waals surface area contributed by atoms with Crippen LogP contribution < -0.4 is 0 Å². The molecule has 1 aliphatic carbocycles. The quantitative estimate of drug-likeness (QED) is 0.418. The number of carbonyl (C=O) groups excluding carboxylic acids is 3. The van der Waals surface area contributed by atoms with Crippen LogP contribution in [0.4, 0.5) is 0 Å². The molecule has 0 bridgehead atoms. The smallest absolute Gasteiger partial charge is 0.344 e. The Morgan fingerprint density at radius 2 is 1.75 bits per heavy atom. The van der Waals surface area contributed by atoms with E-state index in [-0.39, 0.29) is 18.1 Å². The highest BCUT2D eigenvalue weighted by Crippen LogP contribution is 2.20. The molecule has 0 heterocycles. The van der Waals surface area contributed by atoms with Crippen molar-refractivity contribution in [2.24, 2.45) is 0 Å². The summed E-state index contributed by atoms with van der Waals surface area (Å²) < 4.78 is 14.3. The predicted octanol–water partition coefficient (Wildman–Crippen LogP) is 1.52. The maximum atomic E-state index is 11.5. The van der Waals surface area contributed by atoms with Crippen LogP contribution in [0.2, 0.25) is 0 Å². The van der Waals surface area contributed by atoms with Crippen molar-refractivity contribution in [3.05, 3.63) is 12.2 Å². The van der Waals surface area contributed by atoms with Gasteiger partial charge in [0, 0.05) is 5.57 Å². The van der Waals surface area contributed by atoms with E-state index in [1.54, 1.807) is 0 Å². The van der Waals surface area contributed by atoms with Crippen LogP contribution in [0, 0.1) is 0 Å². The Morgan fingerprint density at radius 1 is 1.10 bits per heavy atom. The Labute approximate surface area is 118 Å². The second-order valence-electron chi connectivity index (χ2n) is 4.68. The van der Waals surface area contributed by atoms with Crippen molar-refractivity contribution in [1.82, 2.24) is 0 Å². The largest absolute Gasteiger partial charge is 0.466 e. The van der Waals surface area contributed by atoms with Crippen LogP contribution in [0.25, 0.3) is 0 Å². The molecule has 0 N–H and O–H groups in total. The van der Waals surface area contributed by atoms with Gasteiger partial charge in [0.05, 0.1) is 13.5 Å². The molecule has 20 heavy (non-hydrogen) atoms. The second kappa shape index (κ2) is 8.35. The van der Waals surface area contributed by atoms with Crippen LogP contribution in [-0.2, 0) is 28.6 Å². The van der Waals surface area contributed by atoms with Crippen LogP contribution in [0.15, 0.2) is 12.2 Å². The zero-order valence-electron chi connectivity index (χ0n) is 11.7. The molecule has 1 aliphatic rings. The molecule has 1 saturated carbocycles. The SMILES string of the molecule is C=C(CC(=O)OCC(=O)OC1CCCCC1)C(=O)OC. The van der Waals surface area contributed by atoms with Crippen LogP contribution >= 0.6 is 0 Å². The Kier molecular flexibility index (Phi) is 6.76. The minimum Gasteiger partial charge on any atom is -0.466 e. The van der Waals surface area contributed by atoms with Gasteiger partial charge in [0.15, 0.2) is 6.61 Å². The fourth-order valence-corrected chi connectivity index (χ4v) is 1.98. The lowest BCUT2D eigenvalue weighted by molar-refractivity contribution is -0.163. The van der Waals surface area contributed by atoms with Gasteiger partial charge < -0.3 is 14.2 Å². The molecule has 1 fully saturated rings. The van der Waals surface area contributed by atoms with E-state index in [9.17, 15) is 14.4 Å². The Morgan fingerprint density at radius 3 is 2.35 bits per heavy atom. The van der Waals surface area contributed by atoms with E-state index in [2.05, 4.69) is 11.3 Å². The van der Waals surface area contributed by atoms with E-state index in [0.717, 1.165) is 25.7 Å². The zero-order valence-corrected chi connectivity index (χ0v) is 11.7. The lowest BCUT2D eigenvalue weighted by Gasteiger charge is -2.21. The molecule has 0 saturated heterocycles. The molecule has 0 atom stereocenters. The molecule has 6 heteroatoms. The first-order valence-electron chi connectivity index (χ1n) is 6.64. The Balaban J connectivity index is 2.21. The summed E-state index contributed by atoms with van der Waals surface area (Å²) in [5.74, 6) is -1.94. The fourth-order valence-electron chi connectivity index (χ4n) is 1.98. The predicted molar refractivity (Wildman–Crippen MR) is 69.7 cm³/mol. The molecule has 0 aliphatic heterocycles. The number of carbonyl (C=O) groups is 3. The van der Waals surface area contributed by atoms with Crippen LogP contribution in [-0.4, -0.2) is 37.7 Å². The second-order valence-corrected chi connectivity index (χ2v) is 4.68. The summed E-state index contributed by atoms with van der Waals surface area (Å²) in [7, 11) is 1.19. The average Bonchev–Trinajstić information content (AvgIpc) is 2.45. The van der Waals surface area contributed by atoms with Crippen molar-refractivity contribution in [3.8, 4) is 0 Å². The maximum absolute atomic E-state index is 11.5. The highest BCUT2D eigenvalue weighted by molar-refractivity contribution is 5.93. The van der Waals surface area contributed by atoms with Crippen LogP contribution in [0.1, 0.15) is 38.5 Å². The van der Waals surface area contributed by atoms with Crippen molar-refractivity contribution in [3.63, 3.8) is 0 Å². The Hall–Kier alpha value is -1.85. The van der Waals surface area contributed by atoms with E-state index >= 15 is 0 Å². The lowest BCUT2D eigenvalue weighted by atomic mass is 9.98. The standard InChI is InChI=1S/C14H20O6/c1-10(14(17)18-2)8-12(15)19-9-13(16)20-11-6-4-3-5-7-11/h11H,1,3-9H2,2H3. The van der Waals surface area contributed by atoms with Gasteiger partial charge in [-0.15, -0.1) is 0 Å². The van der Waals surface area contributed by atoms with Gasteiger partial charge in [-0.3, -0.25) is 4.79 Å². The minimum absolute atomic E-state index is 0.0156. The lowest BCUT2D eigenvalue weighted by Crippen LogP contribution is -2.25. The van der Waals surface area contributed by atoms with Gasteiger partial charge in [0.1, 0.15) is 6.10 Å². The van der Waals surface area contributed by atoms with Crippen molar-refractivity contribution in [2.75, 3.05) is 13.7 Å². The molecule has 1 rings (SSSR count). The molecular weight excluding hydrogens is 264 g/mol. The van der Waals surface area contributed by atoms with Crippen molar-refractivity contribution < 1.29 is 28.6 Å². The van der Waals surface area contributed by atoms with Gasteiger partial charge in [0.2, 0.25) is 0 Å². The average molecular weight is 284 g/mol. The summed E-state index contributed by atoms with van der Waals surface area (Å²) in [5, 5.41) is 0. The summed E-state index contributed by atoms with van der Waals surface area (Å²) in [6.07, 6.45) is 4.62. The van der Waals surface area contributed by atoms with Crippen LogP contribution in [0.3, 0.4) is 0 Å². The van der Waals surface area contributed by atoms with E-state index in [4.69, 9.17) is 9.47 Å². The first-order chi connectivity index (χ1) is 9.52. The number of ether oxygens (including phenoxy) is 3. The molecule has 0 spiro atoms. The molecular formula is C14H20O6. The normalized spacial score (nSPS) is 15.2. The monoisotopic (exact) mass is 284 g/mol. The van der Waals surface area contributed by atoms with Gasteiger partial charge >= 0.3 is 17.9 Å². The highest BCUT2D eigenvalue weighted by atomic mass is 16.6. The van der Waals surface area contributed by atoms with Crippen molar-refractivity contribution >= 4 is 17.9 Å². The summed E-state index contributed by atoms with van der Waals surface area (Å²) >= 11 is 0. The number of esters is 3. The number of methoxy groups -OCH3 is 1. The van der Waals surface area contributed by atoms with Gasteiger partial charge in [-0.05, 0) is 25.7 Å². The molecule has 0 amide bonds. The third-order valence-corrected chi connectivity index (χ3v) is 3.03. The molecule has 0 aromatic carbocycles. The summed E-state index contributed by atoms with van der Waals surface area (Å²) in [5.41, 5.74) is -0.0156. The third-order valence-electron chi connectivity index (χ3n) is 3.03. The Bertz CT molecular complexity index is 381. The number of rotatable bonds is 6.